The Morgan fingerprint density at radius 3 is 2.47 bits per heavy atom. The van der Waals surface area contributed by atoms with E-state index in [4.69, 9.17) is 28.9 Å². The monoisotopic (exact) mass is 378 g/mol. The average molecular weight is 380 g/mol. The first kappa shape index (κ1) is 14.7. The first-order chi connectivity index (χ1) is 8.97. The number of nitrogen functional groups attached to an aromatic ring is 1. The van der Waals surface area contributed by atoms with E-state index in [0.717, 1.165) is 9.35 Å². The Morgan fingerprint density at radius 1 is 1.32 bits per heavy atom. The predicted octanol–water partition coefficient (Wildman–Crippen LogP) is 4.33. The van der Waals surface area contributed by atoms with Crippen molar-refractivity contribution in [2.75, 3.05) is 5.73 Å². The van der Waals surface area contributed by atoms with E-state index < -0.39 is 0 Å². The normalized spacial score (nSPS) is 10.5. The number of amides is 1. The molecule has 0 saturated carbocycles. The topological polar surface area (TPSA) is 55.1 Å². The summed E-state index contributed by atoms with van der Waals surface area (Å²) in [5, 5.41) is 5.30. The highest BCUT2D eigenvalue weighted by molar-refractivity contribution is 9.10. The number of carbonyl (C=O) groups excluding carboxylic acids is 1. The number of hydrogen-bond donors (Lipinski definition) is 2. The molecule has 2 rings (SSSR count). The minimum atomic E-state index is -0.242. The molecule has 0 aliphatic rings. The van der Waals surface area contributed by atoms with Crippen molar-refractivity contribution in [3.8, 4) is 0 Å². The quantitative estimate of drug-likeness (QED) is 0.779. The van der Waals surface area contributed by atoms with Gasteiger partial charge in [-0.05, 0) is 34.1 Å². The molecule has 0 spiro atoms. The van der Waals surface area contributed by atoms with Gasteiger partial charge in [0.05, 0.1) is 22.3 Å². The molecule has 3 nitrogen and oxygen atoms in total. The summed E-state index contributed by atoms with van der Waals surface area (Å²) >= 11 is 16.7. The summed E-state index contributed by atoms with van der Waals surface area (Å²) in [5.41, 5.74) is 6.29. The largest absolute Gasteiger partial charge is 0.396 e. The van der Waals surface area contributed by atoms with Crippen LogP contribution >= 0.6 is 50.5 Å². The second-order valence-electron chi connectivity index (χ2n) is 3.77. The van der Waals surface area contributed by atoms with Crippen LogP contribution in [-0.4, -0.2) is 5.91 Å². The lowest BCUT2D eigenvalue weighted by atomic mass is 10.2. The van der Waals surface area contributed by atoms with E-state index >= 15 is 0 Å². The van der Waals surface area contributed by atoms with Gasteiger partial charge in [-0.25, -0.2) is 0 Å². The summed E-state index contributed by atoms with van der Waals surface area (Å²) in [5.74, 6) is -0.242. The fraction of sp³-hybridized carbons (Fsp3) is 0.0833. The third-order valence-electron chi connectivity index (χ3n) is 2.39. The van der Waals surface area contributed by atoms with Gasteiger partial charge >= 0.3 is 0 Å². The molecule has 100 valence electrons. The van der Waals surface area contributed by atoms with Crippen LogP contribution < -0.4 is 11.1 Å². The lowest BCUT2D eigenvalue weighted by Gasteiger charge is -2.07. The lowest BCUT2D eigenvalue weighted by Crippen LogP contribution is -2.22. The summed E-state index contributed by atoms with van der Waals surface area (Å²) in [6.07, 6.45) is 0. The molecule has 1 heterocycles. The van der Waals surface area contributed by atoms with Crippen LogP contribution in [0.2, 0.25) is 10.0 Å². The number of rotatable bonds is 3. The molecule has 19 heavy (non-hydrogen) atoms. The van der Waals surface area contributed by atoms with Crippen molar-refractivity contribution in [1.82, 2.24) is 5.32 Å². The molecule has 0 unspecified atom stereocenters. The Labute approximate surface area is 132 Å². The molecule has 0 saturated heterocycles. The first-order valence-electron chi connectivity index (χ1n) is 5.23. The molecule has 1 aromatic heterocycles. The highest BCUT2D eigenvalue weighted by Gasteiger charge is 2.11. The van der Waals surface area contributed by atoms with Crippen molar-refractivity contribution in [3.05, 3.63) is 48.5 Å². The van der Waals surface area contributed by atoms with Crippen molar-refractivity contribution in [2.24, 2.45) is 0 Å². The maximum atomic E-state index is 12.0. The van der Waals surface area contributed by atoms with Crippen LogP contribution in [0.15, 0.2) is 28.1 Å². The van der Waals surface area contributed by atoms with E-state index in [0.29, 0.717) is 12.1 Å². The molecule has 0 aliphatic heterocycles. The van der Waals surface area contributed by atoms with E-state index in [1.54, 1.807) is 11.3 Å². The number of thiophene rings is 1. The van der Waals surface area contributed by atoms with Crippen molar-refractivity contribution in [2.45, 2.75) is 6.54 Å². The van der Waals surface area contributed by atoms with Crippen LogP contribution in [0.25, 0.3) is 0 Å². The van der Waals surface area contributed by atoms with Gasteiger partial charge in [-0.2, -0.15) is 0 Å². The zero-order chi connectivity index (χ0) is 14.0. The minimum absolute atomic E-state index is 0.242. The molecule has 0 fully saturated rings. The lowest BCUT2D eigenvalue weighted by molar-refractivity contribution is 0.0951. The molecule has 7 heteroatoms. The first-order valence-corrected chi connectivity index (χ1v) is 7.66. The predicted molar refractivity (Wildman–Crippen MR) is 84.1 cm³/mol. The van der Waals surface area contributed by atoms with Gasteiger partial charge < -0.3 is 11.1 Å². The van der Waals surface area contributed by atoms with Gasteiger partial charge in [-0.1, -0.05) is 23.2 Å². The van der Waals surface area contributed by atoms with Crippen LogP contribution in [0.5, 0.6) is 0 Å². The molecule has 2 aromatic rings. The standard InChI is InChI=1S/C12H9BrCl2N2OS/c13-7-3-8(19-5-7)4-17-12(18)6-1-9(14)11(16)10(15)2-6/h1-3,5H,4,16H2,(H,17,18). The molecule has 1 amide bonds. The Bertz CT molecular complexity index is 607. The zero-order valence-corrected chi connectivity index (χ0v) is 13.5. The molecule has 0 aliphatic carbocycles. The smallest absolute Gasteiger partial charge is 0.251 e. The Balaban J connectivity index is 2.08. The molecule has 0 bridgehead atoms. The minimum Gasteiger partial charge on any atom is -0.396 e. The average Bonchev–Trinajstić information content (AvgIpc) is 2.78. The van der Waals surface area contributed by atoms with E-state index in [2.05, 4.69) is 21.2 Å². The Hall–Kier alpha value is -0.750. The van der Waals surface area contributed by atoms with Gasteiger partial charge in [-0.15, -0.1) is 11.3 Å². The van der Waals surface area contributed by atoms with Crippen LogP contribution in [0.1, 0.15) is 15.2 Å². The van der Waals surface area contributed by atoms with E-state index in [1.807, 2.05) is 11.4 Å². The van der Waals surface area contributed by atoms with Gasteiger partial charge in [-0.3, -0.25) is 4.79 Å². The maximum Gasteiger partial charge on any atom is 0.251 e. The van der Waals surface area contributed by atoms with Crippen molar-refractivity contribution in [1.29, 1.82) is 0 Å². The van der Waals surface area contributed by atoms with E-state index in [-0.39, 0.29) is 21.6 Å². The van der Waals surface area contributed by atoms with Crippen LogP contribution in [0, 0.1) is 0 Å². The summed E-state index contributed by atoms with van der Waals surface area (Å²) in [6, 6.07) is 4.96. The van der Waals surface area contributed by atoms with Crippen molar-refractivity contribution < 1.29 is 4.79 Å². The number of halogens is 3. The highest BCUT2D eigenvalue weighted by atomic mass is 79.9. The van der Waals surface area contributed by atoms with Gasteiger partial charge in [0.1, 0.15) is 0 Å². The SMILES string of the molecule is Nc1c(Cl)cc(C(=O)NCc2cc(Br)cs2)cc1Cl. The Kier molecular flexibility index (Phi) is 4.73. The third kappa shape index (κ3) is 3.63. The van der Waals surface area contributed by atoms with E-state index in [9.17, 15) is 4.79 Å². The zero-order valence-electron chi connectivity index (χ0n) is 9.54. The number of carbonyl (C=O) groups is 1. The van der Waals surface area contributed by atoms with E-state index in [1.165, 1.54) is 12.1 Å². The number of benzene rings is 1. The van der Waals surface area contributed by atoms with Gasteiger partial charge in [0, 0.05) is 20.3 Å². The number of hydrogen-bond acceptors (Lipinski definition) is 3. The fourth-order valence-corrected chi connectivity index (χ4v) is 3.31. The molecule has 0 atom stereocenters. The molecular weight excluding hydrogens is 371 g/mol. The van der Waals surface area contributed by atoms with Crippen molar-refractivity contribution in [3.63, 3.8) is 0 Å². The summed E-state index contributed by atoms with van der Waals surface area (Å²) in [7, 11) is 0. The van der Waals surface area contributed by atoms with Crippen LogP contribution in [0.4, 0.5) is 5.69 Å². The second-order valence-corrected chi connectivity index (χ2v) is 6.49. The molecule has 1 aromatic carbocycles. The second kappa shape index (κ2) is 6.13. The Morgan fingerprint density at radius 2 is 1.95 bits per heavy atom. The van der Waals surface area contributed by atoms with Gasteiger partial charge in [0.15, 0.2) is 0 Å². The number of nitrogens with two attached hydrogens (primary N) is 1. The van der Waals surface area contributed by atoms with Gasteiger partial charge in [0.2, 0.25) is 0 Å². The number of nitrogens with one attached hydrogen (secondary N) is 1. The fourth-order valence-electron chi connectivity index (χ4n) is 1.43. The maximum absolute atomic E-state index is 12.0. The summed E-state index contributed by atoms with van der Waals surface area (Å²) in [6.45, 7) is 0.453. The molecule has 3 N–H and O–H groups in total. The van der Waals surface area contributed by atoms with Crippen LogP contribution in [-0.2, 0) is 6.54 Å². The third-order valence-corrected chi connectivity index (χ3v) is 4.71. The number of anilines is 1. The summed E-state index contributed by atoms with van der Waals surface area (Å²) in [4.78, 5) is 13.0. The highest BCUT2D eigenvalue weighted by Crippen LogP contribution is 2.28. The molecule has 0 radical (unpaired) electrons. The van der Waals surface area contributed by atoms with Crippen LogP contribution in [0.3, 0.4) is 0 Å². The van der Waals surface area contributed by atoms with Crippen molar-refractivity contribution >= 4 is 62.1 Å². The summed E-state index contributed by atoms with van der Waals surface area (Å²) < 4.78 is 1.00. The molecular formula is C12H9BrCl2N2OS. The van der Waals surface area contributed by atoms with Gasteiger partial charge in [0.25, 0.3) is 5.91 Å².